The van der Waals surface area contributed by atoms with Crippen LogP contribution in [0, 0.1) is 0 Å². The van der Waals surface area contributed by atoms with Crippen molar-refractivity contribution in [3.8, 4) is 0 Å². The van der Waals surface area contributed by atoms with Gasteiger partial charge in [0, 0.05) is 37.4 Å². The predicted octanol–water partition coefficient (Wildman–Crippen LogP) is 1.42. The molecule has 0 radical (unpaired) electrons. The lowest BCUT2D eigenvalue weighted by Gasteiger charge is -2.39. The topological polar surface area (TPSA) is 39.6 Å². The maximum atomic E-state index is 9.85. The molecule has 0 bridgehead atoms. The SMILES string of the molecule is C[C@@H](O)c1cccnc1N1CCN2CCCC2C1. The molecule has 18 heavy (non-hydrogen) atoms. The Morgan fingerprint density at radius 2 is 2.28 bits per heavy atom. The van der Waals surface area contributed by atoms with Gasteiger partial charge in [-0.3, -0.25) is 4.90 Å². The molecule has 2 atom stereocenters. The van der Waals surface area contributed by atoms with Gasteiger partial charge in [-0.05, 0) is 32.4 Å². The van der Waals surface area contributed by atoms with Crippen molar-refractivity contribution >= 4 is 5.82 Å². The maximum absolute atomic E-state index is 9.85. The highest BCUT2D eigenvalue weighted by atomic mass is 16.3. The number of aromatic nitrogens is 1. The minimum absolute atomic E-state index is 0.449. The monoisotopic (exact) mass is 247 g/mol. The highest BCUT2D eigenvalue weighted by Crippen LogP contribution is 2.28. The molecule has 1 aromatic rings. The first-order valence-electron chi connectivity index (χ1n) is 6.87. The lowest BCUT2D eigenvalue weighted by Crippen LogP contribution is -2.50. The zero-order chi connectivity index (χ0) is 12.5. The fourth-order valence-electron chi connectivity index (χ4n) is 3.18. The van der Waals surface area contributed by atoms with E-state index in [9.17, 15) is 5.11 Å². The van der Waals surface area contributed by atoms with E-state index in [-0.39, 0.29) is 0 Å². The molecule has 3 rings (SSSR count). The maximum Gasteiger partial charge on any atom is 0.134 e. The second-order valence-electron chi connectivity index (χ2n) is 5.37. The van der Waals surface area contributed by atoms with Crippen LogP contribution in [0.5, 0.6) is 0 Å². The summed E-state index contributed by atoms with van der Waals surface area (Å²) in [5, 5.41) is 9.85. The molecule has 4 nitrogen and oxygen atoms in total. The lowest BCUT2D eigenvalue weighted by atomic mass is 10.1. The lowest BCUT2D eigenvalue weighted by molar-refractivity contribution is 0.197. The summed E-state index contributed by atoms with van der Waals surface area (Å²) in [5.74, 6) is 0.971. The van der Waals surface area contributed by atoms with Crippen molar-refractivity contribution in [2.75, 3.05) is 31.1 Å². The van der Waals surface area contributed by atoms with Gasteiger partial charge in [0.2, 0.25) is 0 Å². The molecule has 3 heterocycles. The van der Waals surface area contributed by atoms with Gasteiger partial charge in [-0.15, -0.1) is 0 Å². The van der Waals surface area contributed by atoms with Gasteiger partial charge in [0.15, 0.2) is 0 Å². The largest absolute Gasteiger partial charge is 0.389 e. The molecule has 4 heteroatoms. The zero-order valence-corrected chi connectivity index (χ0v) is 10.9. The summed E-state index contributed by atoms with van der Waals surface area (Å²) in [4.78, 5) is 9.41. The summed E-state index contributed by atoms with van der Waals surface area (Å²) in [6.45, 7) is 6.26. The molecule has 98 valence electrons. The summed E-state index contributed by atoms with van der Waals surface area (Å²) in [5.41, 5.74) is 0.948. The molecule has 2 aliphatic heterocycles. The van der Waals surface area contributed by atoms with Crippen molar-refractivity contribution in [3.63, 3.8) is 0 Å². The van der Waals surface area contributed by atoms with Crippen LogP contribution in [0.15, 0.2) is 18.3 Å². The number of nitrogens with zero attached hydrogens (tertiary/aromatic N) is 3. The number of aliphatic hydroxyl groups excluding tert-OH is 1. The Hall–Kier alpha value is -1.13. The van der Waals surface area contributed by atoms with E-state index < -0.39 is 6.10 Å². The van der Waals surface area contributed by atoms with Crippen molar-refractivity contribution in [1.82, 2.24) is 9.88 Å². The molecule has 2 aliphatic rings. The second kappa shape index (κ2) is 4.86. The van der Waals surface area contributed by atoms with Crippen LogP contribution < -0.4 is 4.90 Å². The van der Waals surface area contributed by atoms with Gasteiger partial charge >= 0.3 is 0 Å². The van der Waals surface area contributed by atoms with Gasteiger partial charge < -0.3 is 10.0 Å². The molecular formula is C14H21N3O. The van der Waals surface area contributed by atoms with Crippen molar-refractivity contribution in [3.05, 3.63) is 23.9 Å². The minimum atomic E-state index is -0.449. The van der Waals surface area contributed by atoms with E-state index in [2.05, 4.69) is 14.8 Å². The number of pyridine rings is 1. The van der Waals surface area contributed by atoms with E-state index in [1.54, 1.807) is 0 Å². The number of anilines is 1. The van der Waals surface area contributed by atoms with Crippen LogP contribution in [0.2, 0.25) is 0 Å². The van der Waals surface area contributed by atoms with E-state index >= 15 is 0 Å². The summed E-state index contributed by atoms with van der Waals surface area (Å²) >= 11 is 0. The number of fused-ring (bicyclic) bond motifs is 1. The Morgan fingerprint density at radius 1 is 1.39 bits per heavy atom. The number of hydrogen-bond donors (Lipinski definition) is 1. The molecule has 0 aliphatic carbocycles. The molecule has 1 unspecified atom stereocenters. The molecule has 0 saturated carbocycles. The average molecular weight is 247 g/mol. The van der Waals surface area contributed by atoms with Crippen LogP contribution >= 0.6 is 0 Å². The van der Waals surface area contributed by atoms with Crippen LogP contribution in [-0.4, -0.2) is 47.2 Å². The molecule has 0 spiro atoms. The third kappa shape index (κ3) is 2.10. The Bertz CT molecular complexity index is 421. The van der Waals surface area contributed by atoms with Crippen molar-refractivity contribution in [2.45, 2.75) is 31.9 Å². The number of rotatable bonds is 2. The standard InChI is InChI=1S/C14H21N3O/c1-11(18)13-5-2-6-15-14(13)17-9-8-16-7-3-4-12(16)10-17/h2,5-6,11-12,18H,3-4,7-10H2,1H3/t11-,12?/m1/s1. The number of piperazine rings is 1. The van der Waals surface area contributed by atoms with Crippen LogP contribution in [0.4, 0.5) is 5.82 Å². The second-order valence-corrected chi connectivity index (χ2v) is 5.37. The quantitative estimate of drug-likeness (QED) is 0.858. The molecule has 1 aromatic heterocycles. The summed E-state index contributed by atoms with van der Waals surface area (Å²) in [6.07, 6.45) is 4.00. The summed E-state index contributed by atoms with van der Waals surface area (Å²) in [7, 11) is 0. The van der Waals surface area contributed by atoms with Crippen molar-refractivity contribution < 1.29 is 5.11 Å². The van der Waals surface area contributed by atoms with E-state index in [4.69, 9.17) is 0 Å². The summed E-state index contributed by atoms with van der Waals surface area (Å²) in [6, 6.07) is 4.56. The third-order valence-electron chi connectivity index (χ3n) is 4.15. The number of aliphatic hydroxyl groups is 1. The van der Waals surface area contributed by atoms with Gasteiger partial charge in [-0.1, -0.05) is 6.07 Å². The van der Waals surface area contributed by atoms with Crippen LogP contribution in [0.25, 0.3) is 0 Å². The first kappa shape index (κ1) is 11.9. The minimum Gasteiger partial charge on any atom is -0.389 e. The molecule has 0 amide bonds. The normalized spacial score (nSPS) is 26.1. The molecule has 1 N–H and O–H groups in total. The van der Waals surface area contributed by atoms with Gasteiger partial charge in [0.05, 0.1) is 6.10 Å². The van der Waals surface area contributed by atoms with Gasteiger partial charge in [0.1, 0.15) is 5.82 Å². The van der Waals surface area contributed by atoms with Crippen LogP contribution in [0.1, 0.15) is 31.4 Å². The number of hydrogen-bond acceptors (Lipinski definition) is 4. The fourth-order valence-corrected chi connectivity index (χ4v) is 3.18. The first-order chi connectivity index (χ1) is 8.75. The highest BCUT2D eigenvalue weighted by Gasteiger charge is 2.31. The van der Waals surface area contributed by atoms with Crippen molar-refractivity contribution in [1.29, 1.82) is 0 Å². The smallest absolute Gasteiger partial charge is 0.134 e. The predicted molar refractivity (Wildman–Crippen MR) is 71.7 cm³/mol. The zero-order valence-electron chi connectivity index (χ0n) is 10.9. The molecule has 2 saturated heterocycles. The van der Waals surface area contributed by atoms with E-state index in [0.717, 1.165) is 31.0 Å². The van der Waals surface area contributed by atoms with Crippen molar-refractivity contribution in [2.24, 2.45) is 0 Å². The van der Waals surface area contributed by atoms with Gasteiger partial charge in [0.25, 0.3) is 0 Å². The Kier molecular flexibility index (Phi) is 3.22. The first-order valence-corrected chi connectivity index (χ1v) is 6.87. The average Bonchev–Trinajstić information content (AvgIpc) is 2.85. The van der Waals surface area contributed by atoms with E-state index in [1.807, 2.05) is 25.3 Å². The van der Waals surface area contributed by atoms with Crippen LogP contribution in [0.3, 0.4) is 0 Å². The summed E-state index contributed by atoms with van der Waals surface area (Å²) < 4.78 is 0. The Labute approximate surface area is 108 Å². The molecule has 0 aromatic carbocycles. The third-order valence-corrected chi connectivity index (χ3v) is 4.15. The Balaban J connectivity index is 1.82. The van der Waals surface area contributed by atoms with E-state index in [0.29, 0.717) is 6.04 Å². The van der Waals surface area contributed by atoms with Crippen LogP contribution in [-0.2, 0) is 0 Å². The highest BCUT2D eigenvalue weighted by molar-refractivity contribution is 5.48. The molecule has 2 fully saturated rings. The van der Waals surface area contributed by atoms with E-state index in [1.165, 1.54) is 19.4 Å². The molecular weight excluding hydrogens is 226 g/mol. The Morgan fingerprint density at radius 3 is 3.11 bits per heavy atom. The van der Waals surface area contributed by atoms with Gasteiger partial charge in [-0.2, -0.15) is 0 Å². The fraction of sp³-hybridized carbons (Fsp3) is 0.643. The van der Waals surface area contributed by atoms with Gasteiger partial charge in [-0.25, -0.2) is 4.98 Å².